The van der Waals surface area contributed by atoms with Gasteiger partial charge in [0, 0.05) is 24.9 Å². The van der Waals surface area contributed by atoms with Gasteiger partial charge >= 0.3 is 12.1 Å². The highest BCUT2D eigenvalue weighted by molar-refractivity contribution is 5.87. The van der Waals surface area contributed by atoms with Gasteiger partial charge in [-0.15, -0.1) is 0 Å². The topological polar surface area (TPSA) is 95.9 Å². The van der Waals surface area contributed by atoms with Crippen LogP contribution in [0.25, 0.3) is 11.1 Å². The number of rotatable bonds is 6. The summed E-state index contributed by atoms with van der Waals surface area (Å²) in [7, 11) is 1.56. The van der Waals surface area contributed by atoms with E-state index in [4.69, 9.17) is 4.74 Å². The van der Waals surface area contributed by atoms with Gasteiger partial charge in [-0.2, -0.15) is 0 Å². The second-order valence-corrected chi connectivity index (χ2v) is 10.7. The van der Waals surface area contributed by atoms with E-state index in [-0.39, 0.29) is 36.3 Å². The minimum atomic E-state index is -1.25. The van der Waals surface area contributed by atoms with E-state index in [0.29, 0.717) is 12.3 Å². The maximum absolute atomic E-state index is 12.9. The van der Waals surface area contributed by atoms with Gasteiger partial charge < -0.3 is 20.1 Å². The van der Waals surface area contributed by atoms with Crippen molar-refractivity contribution in [3.8, 4) is 11.1 Å². The summed E-state index contributed by atoms with van der Waals surface area (Å²) >= 11 is 0. The fraction of sp³-hybridized carbons (Fsp3) is 0.464. The van der Waals surface area contributed by atoms with Gasteiger partial charge in [0.2, 0.25) is 5.91 Å². The van der Waals surface area contributed by atoms with Gasteiger partial charge in [0.1, 0.15) is 12.1 Å². The zero-order valence-corrected chi connectivity index (χ0v) is 20.4. The van der Waals surface area contributed by atoms with Crippen LogP contribution in [0.1, 0.15) is 50.2 Å². The average molecular weight is 477 g/mol. The third-order valence-electron chi connectivity index (χ3n) is 8.51. The number of aliphatic carboxylic acids is 1. The van der Waals surface area contributed by atoms with Crippen molar-refractivity contribution in [2.45, 2.75) is 50.6 Å². The van der Waals surface area contributed by atoms with E-state index in [9.17, 15) is 19.5 Å². The molecule has 0 aliphatic heterocycles. The number of fused-ring (bicyclic) bond motifs is 4. The van der Waals surface area contributed by atoms with E-state index in [1.54, 1.807) is 7.05 Å². The molecule has 2 aromatic carbocycles. The summed E-state index contributed by atoms with van der Waals surface area (Å²) in [5, 5.41) is 12.5. The van der Waals surface area contributed by atoms with Crippen LogP contribution >= 0.6 is 0 Å². The molecule has 2 amide bonds. The maximum Gasteiger partial charge on any atom is 0.407 e. The van der Waals surface area contributed by atoms with Crippen LogP contribution in [0.5, 0.6) is 0 Å². The Morgan fingerprint density at radius 2 is 1.60 bits per heavy atom. The Balaban J connectivity index is 1.16. The fourth-order valence-electron chi connectivity index (χ4n) is 6.08. The summed E-state index contributed by atoms with van der Waals surface area (Å²) in [6.07, 6.45) is 1.81. The van der Waals surface area contributed by atoms with Crippen LogP contribution in [0.2, 0.25) is 0 Å². The number of likely N-dealkylation sites (N-methyl/N-ethyl adjacent to an activating group) is 1. The van der Waals surface area contributed by atoms with E-state index < -0.39 is 17.6 Å². The second-order valence-electron chi connectivity index (χ2n) is 10.7. The highest BCUT2D eigenvalue weighted by Crippen LogP contribution is 2.50. The summed E-state index contributed by atoms with van der Waals surface area (Å²) < 4.78 is 5.69. The van der Waals surface area contributed by atoms with Gasteiger partial charge in [-0.1, -0.05) is 48.5 Å². The fourth-order valence-corrected chi connectivity index (χ4v) is 6.08. The Hall–Kier alpha value is -3.35. The van der Waals surface area contributed by atoms with Crippen molar-refractivity contribution in [2.75, 3.05) is 13.7 Å². The highest BCUT2D eigenvalue weighted by atomic mass is 16.5. The molecule has 0 saturated heterocycles. The Bertz CT molecular complexity index is 1130. The number of ether oxygens (including phenoxy) is 1. The minimum Gasteiger partial charge on any atom is -0.480 e. The second kappa shape index (κ2) is 8.70. The van der Waals surface area contributed by atoms with Crippen LogP contribution in [0.4, 0.5) is 4.79 Å². The molecule has 2 N–H and O–H groups in total. The first-order valence-electron chi connectivity index (χ1n) is 12.3. The first kappa shape index (κ1) is 23.4. The Kier molecular flexibility index (Phi) is 5.82. The van der Waals surface area contributed by atoms with Crippen molar-refractivity contribution in [3.63, 3.8) is 0 Å². The van der Waals surface area contributed by atoms with Gasteiger partial charge in [-0.05, 0) is 67.2 Å². The van der Waals surface area contributed by atoms with E-state index in [1.165, 1.54) is 41.0 Å². The summed E-state index contributed by atoms with van der Waals surface area (Å²) in [6.45, 7) is 3.35. The normalized spacial score (nSPS) is 24.5. The molecule has 0 bridgehead atoms. The molecule has 0 aromatic heterocycles. The van der Waals surface area contributed by atoms with Crippen molar-refractivity contribution < 1.29 is 24.2 Å². The standard InChI is InChI=1S/C28H32N2O5/c1-28(2,26(32)33)30(3)25(31)17-12-16-14-24(22(16)13-17)29-27(34)35-15-23-20-10-6-4-8-18(20)19-9-5-7-11-21(19)23/h4-11,16-17,22-24H,12-15H2,1-3H3,(H,29,34)(H,32,33)/t16-,17?,22-,24+/m1/s1. The average Bonchev–Trinajstić information content (AvgIpc) is 3.35. The number of benzene rings is 2. The van der Waals surface area contributed by atoms with Crippen molar-refractivity contribution in [1.82, 2.24) is 10.2 Å². The number of carboxylic acids is 1. The Morgan fingerprint density at radius 1 is 1.00 bits per heavy atom. The molecule has 2 aromatic rings. The van der Waals surface area contributed by atoms with E-state index in [0.717, 1.165) is 12.8 Å². The zero-order valence-electron chi connectivity index (χ0n) is 20.4. The van der Waals surface area contributed by atoms with Crippen molar-refractivity contribution in [3.05, 3.63) is 59.7 Å². The molecule has 3 aliphatic carbocycles. The highest BCUT2D eigenvalue weighted by Gasteiger charge is 2.51. The van der Waals surface area contributed by atoms with Gasteiger partial charge in [0.05, 0.1) is 0 Å². The monoisotopic (exact) mass is 476 g/mol. The molecule has 2 saturated carbocycles. The third kappa shape index (κ3) is 3.97. The van der Waals surface area contributed by atoms with E-state index in [1.807, 2.05) is 24.3 Å². The predicted octanol–water partition coefficient (Wildman–Crippen LogP) is 4.26. The van der Waals surface area contributed by atoms with Gasteiger partial charge in [-0.3, -0.25) is 4.79 Å². The van der Waals surface area contributed by atoms with Gasteiger partial charge in [0.15, 0.2) is 0 Å². The lowest BCUT2D eigenvalue weighted by atomic mass is 9.71. The summed E-state index contributed by atoms with van der Waals surface area (Å²) in [6, 6.07) is 16.5. The molecular formula is C28H32N2O5. The SMILES string of the molecule is CN(C(=O)C1C[C@@H]2C[C@H](NC(=O)OCC3c4ccccc4-c4ccccc43)[C@@H]2C1)C(C)(C)C(=O)O. The Labute approximate surface area is 205 Å². The number of nitrogens with one attached hydrogen (secondary N) is 1. The molecule has 0 spiro atoms. The third-order valence-corrected chi connectivity index (χ3v) is 8.51. The number of carbonyl (C=O) groups is 3. The van der Waals surface area contributed by atoms with Crippen LogP contribution < -0.4 is 5.32 Å². The number of alkyl carbamates (subject to hydrolysis) is 1. The largest absolute Gasteiger partial charge is 0.480 e. The molecule has 5 rings (SSSR count). The lowest BCUT2D eigenvalue weighted by Gasteiger charge is -2.40. The lowest BCUT2D eigenvalue weighted by molar-refractivity contribution is -0.157. The number of carbonyl (C=O) groups excluding carboxylic acids is 2. The molecule has 7 nitrogen and oxygen atoms in total. The van der Waals surface area contributed by atoms with Crippen LogP contribution in [-0.2, 0) is 14.3 Å². The zero-order chi connectivity index (χ0) is 24.9. The summed E-state index contributed by atoms with van der Waals surface area (Å²) in [5.74, 6) is -0.738. The van der Waals surface area contributed by atoms with Crippen molar-refractivity contribution >= 4 is 18.0 Å². The van der Waals surface area contributed by atoms with Gasteiger partial charge in [-0.25, -0.2) is 9.59 Å². The lowest BCUT2D eigenvalue weighted by Crippen LogP contribution is -2.52. The summed E-state index contributed by atoms with van der Waals surface area (Å²) in [5.41, 5.74) is 3.48. The van der Waals surface area contributed by atoms with Crippen molar-refractivity contribution in [2.24, 2.45) is 17.8 Å². The minimum absolute atomic E-state index is 0.00811. The molecule has 4 atom stereocenters. The molecule has 184 valence electrons. The number of hydrogen-bond acceptors (Lipinski definition) is 4. The van der Waals surface area contributed by atoms with Crippen LogP contribution in [-0.4, -0.2) is 53.2 Å². The van der Waals surface area contributed by atoms with E-state index >= 15 is 0 Å². The molecule has 3 aliphatic rings. The van der Waals surface area contributed by atoms with Crippen LogP contribution in [0, 0.1) is 17.8 Å². The predicted molar refractivity (Wildman–Crippen MR) is 131 cm³/mol. The quantitative estimate of drug-likeness (QED) is 0.650. The molecule has 2 fully saturated rings. The number of nitrogens with zero attached hydrogens (tertiary/aromatic N) is 1. The van der Waals surface area contributed by atoms with Crippen molar-refractivity contribution in [1.29, 1.82) is 0 Å². The number of hydrogen-bond donors (Lipinski definition) is 2. The first-order chi connectivity index (χ1) is 16.7. The van der Waals surface area contributed by atoms with Gasteiger partial charge in [0.25, 0.3) is 0 Å². The first-order valence-corrected chi connectivity index (χ1v) is 12.3. The molecule has 35 heavy (non-hydrogen) atoms. The number of carboxylic acid groups (broad SMARTS) is 1. The smallest absolute Gasteiger partial charge is 0.407 e. The van der Waals surface area contributed by atoms with Crippen LogP contribution in [0.3, 0.4) is 0 Å². The van der Waals surface area contributed by atoms with Crippen LogP contribution in [0.15, 0.2) is 48.5 Å². The molecular weight excluding hydrogens is 444 g/mol. The number of amides is 2. The molecule has 1 unspecified atom stereocenters. The molecule has 0 radical (unpaired) electrons. The van der Waals surface area contributed by atoms with E-state index in [2.05, 4.69) is 29.6 Å². The molecule has 7 heteroatoms. The maximum atomic E-state index is 12.9. The summed E-state index contributed by atoms with van der Waals surface area (Å²) in [4.78, 5) is 38.5. The Morgan fingerprint density at radius 3 is 2.20 bits per heavy atom. The molecule has 0 heterocycles.